The van der Waals surface area contributed by atoms with E-state index < -0.39 is 5.41 Å². The zero-order valence-corrected chi connectivity index (χ0v) is 11.9. The van der Waals surface area contributed by atoms with Crippen LogP contribution in [0.3, 0.4) is 0 Å². The maximum absolute atomic E-state index is 11.6. The number of primary amides is 1. The van der Waals surface area contributed by atoms with Crippen molar-refractivity contribution in [2.45, 2.75) is 13.3 Å². The van der Waals surface area contributed by atoms with Gasteiger partial charge in [0.2, 0.25) is 5.91 Å². The van der Waals surface area contributed by atoms with E-state index in [0.29, 0.717) is 11.7 Å². The molecule has 0 spiro atoms. The Balaban J connectivity index is 2.05. The maximum Gasteiger partial charge on any atom is 0.225 e. The second-order valence-electron chi connectivity index (χ2n) is 5.46. The van der Waals surface area contributed by atoms with E-state index in [1.165, 1.54) is 0 Å². The van der Waals surface area contributed by atoms with Gasteiger partial charge in [-0.3, -0.25) is 4.79 Å². The first-order valence-electron chi connectivity index (χ1n) is 6.47. The van der Waals surface area contributed by atoms with Crippen molar-refractivity contribution in [2.75, 3.05) is 18.0 Å². The molecule has 1 aliphatic rings. The first kappa shape index (κ1) is 13.1. The SMILES string of the molecule is CC1(C(N)=O)CCN(c2nnc(Cl)c3ccccc23)C1. The van der Waals surface area contributed by atoms with Gasteiger partial charge in [-0.05, 0) is 13.3 Å². The first-order valence-corrected chi connectivity index (χ1v) is 6.85. The molecule has 6 heteroatoms. The van der Waals surface area contributed by atoms with Crippen molar-refractivity contribution in [1.29, 1.82) is 0 Å². The van der Waals surface area contributed by atoms with Crippen molar-refractivity contribution < 1.29 is 4.79 Å². The summed E-state index contributed by atoms with van der Waals surface area (Å²) in [6.07, 6.45) is 0.723. The molecule has 2 heterocycles. The molecule has 0 radical (unpaired) electrons. The van der Waals surface area contributed by atoms with Gasteiger partial charge in [-0.2, -0.15) is 0 Å². The Morgan fingerprint density at radius 1 is 1.35 bits per heavy atom. The fraction of sp³-hybridized carbons (Fsp3) is 0.357. The molecule has 2 aromatic rings. The Labute approximate surface area is 121 Å². The molecule has 5 nitrogen and oxygen atoms in total. The van der Waals surface area contributed by atoms with E-state index >= 15 is 0 Å². The van der Waals surface area contributed by atoms with Gasteiger partial charge >= 0.3 is 0 Å². The van der Waals surface area contributed by atoms with Gasteiger partial charge in [-0.1, -0.05) is 35.9 Å². The summed E-state index contributed by atoms with van der Waals surface area (Å²) < 4.78 is 0. The molecular weight excluding hydrogens is 276 g/mol. The van der Waals surface area contributed by atoms with Crippen LogP contribution in [0.4, 0.5) is 5.82 Å². The third kappa shape index (κ3) is 1.98. The highest BCUT2D eigenvalue weighted by atomic mass is 35.5. The van der Waals surface area contributed by atoms with Crippen LogP contribution in [0.25, 0.3) is 10.8 Å². The number of halogens is 1. The van der Waals surface area contributed by atoms with Crippen LogP contribution < -0.4 is 10.6 Å². The van der Waals surface area contributed by atoms with E-state index in [4.69, 9.17) is 17.3 Å². The Morgan fingerprint density at radius 3 is 2.70 bits per heavy atom. The number of carbonyl (C=O) groups excluding carboxylic acids is 1. The Kier molecular flexibility index (Phi) is 3.01. The minimum atomic E-state index is -0.511. The molecule has 0 bridgehead atoms. The van der Waals surface area contributed by atoms with Gasteiger partial charge in [0.15, 0.2) is 11.0 Å². The summed E-state index contributed by atoms with van der Waals surface area (Å²) in [5.74, 6) is 0.487. The van der Waals surface area contributed by atoms with Crippen LogP contribution in [0.2, 0.25) is 5.15 Å². The smallest absolute Gasteiger partial charge is 0.225 e. The van der Waals surface area contributed by atoms with E-state index in [-0.39, 0.29) is 5.91 Å². The van der Waals surface area contributed by atoms with Gasteiger partial charge in [-0.15, -0.1) is 10.2 Å². The molecule has 1 aliphatic heterocycles. The summed E-state index contributed by atoms with van der Waals surface area (Å²) in [6.45, 7) is 3.18. The number of nitrogens with zero attached hydrogens (tertiary/aromatic N) is 3. The predicted molar refractivity (Wildman–Crippen MR) is 78.7 cm³/mol. The summed E-state index contributed by atoms with van der Waals surface area (Å²) in [5.41, 5.74) is 4.97. The number of rotatable bonds is 2. The summed E-state index contributed by atoms with van der Waals surface area (Å²) in [7, 11) is 0. The number of anilines is 1. The van der Waals surface area contributed by atoms with Crippen molar-refractivity contribution in [1.82, 2.24) is 10.2 Å². The van der Waals surface area contributed by atoms with Crippen LogP contribution in [0.5, 0.6) is 0 Å². The zero-order chi connectivity index (χ0) is 14.3. The minimum absolute atomic E-state index is 0.272. The number of amides is 1. The second kappa shape index (κ2) is 4.59. The number of hydrogen-bond acceptors (Lipinski definition) is 4. The topological polar surface area (TPSA) is 72.1 Å². The van der Waals surface area contributed by atoms with Crippen molar-refractivity contribution >= 4 is 34.1 Å². The molecule has 1 aromatic heterocycles. The molecule has 20 heavy (non-hydrogen) atoms. The molecule has 1 atom stereocenters. The Hall–Kier alpha value is -1.88. The van der Waals surface area contributed by atoms with Crippen LogP contribution in [0.1, 0.15) is 13.3 Å². The molecule has 0 saturated carbocycles. The van der Waals surface area contributed by atoms with Crippen molar-refractivity contribution in [2.24, 2.45) is 11.1 Å². The summed E-state index contributed by atoms with van der Waals surface area (Å²) in [5, 5.41) is 10.4. The highest BCUT2D eigenvalue weighted by Crippen LogP contribution is 2.35. The lowest BCUT2D eigenvalue weighted by atomic mass is 9.89. The Bertz CT molecular complexity index is 690. The second-order valence-corrected chi connectivity index (χ2v) is 5.81. The number of hydrogen-bond donors (Lipinski definition) is 1. The van der Waals surface area contributed by atoms with E-state index in [9.17, 15) is 4.79 Å². The third-order valence-electron chi connectivity index (χ3n) is 3.99. The van der Waals surface area contributed by atoms with Gasteiger partial charge < -0.3 is 10.6 Å². The number of fused-ring (bicyclic) bond motifs is 1. The molecule has 2 N–H and O–H groups in total. The van der Waals surface area contributed by atoms with Crippen molar-refractivity contribution in [3.05, 3.63) is 29.4 Å². The van der Waals surface area contributed by atoms with Crippen LogP contribution in [0.15, 0.2) is 24.3 Å². The normalized spacial score (nSPS) is 22.4. The molecule has 0 aliphatic carbocycles. The molecule has 3 rings (SSSR count). The zero-order valence-electron chi connectivity index (χ0n) is 11.1. The largest absolute Gasteiger partial charge is 0.369 e. The van der Waals surface area contributed by atoms with E-state index in [2.05, 4.69) is 15.1 Å². The minimum Gasteiger partial charge on any atom is -0.369 e. The lowest BCUT2D eigenvalue weighted by Gasteiger charge is -2.22. The van der Waals surface area contributed by atoms with E-state index in [1.54, 1.807) is 0 Å². The molecule has 1 fully saturated rings. The van der Waals surface area contributed by atoms with Crippen LogP contribution in [0, 0.1) is 5.41 Å². The van der Waals surface area contributed by atoms with Gasteiger partial charge in [0, 0.05) is 23.9 Å². The standard InChI is InChI=1S/C14H15ClN4O/c1-14(13(16)20)6-7-19(8-14)12-10-5-3-2-4-9(10)11(15)17-18-12/h2-5H,6-8H2,1H3,(H2,16,20). The lowest BCUT2D eigenvalue weighted by Crippen LogP contribution is -2.37. The summed E-state index contributed by atoms with van der Waals surface area (Å²) in [6, 6.07) is 7.73. The molecular formula is C14H15ClN4O. The van der Waals surface area contributed by atoms with Crippen molar-refractivity contribution in [3.63, 3.8) is 0 Å². The first-order chi connectivity index (χ1) is 9.51. The summed E-state index contributed by atoms with van der Waals surface area (Å²) >= 11 is 6.08. The lowest BCUT2D eigenvalue weighted by molar-refractivity contribution is -0.125. The quantitative estimate of drug-likeness (QED) is 0.918. The van der Waals surface area contributed by atoms with E-state index in [0.717, 1.165) is 29.6 Å². The van der Waals surface area contributed by atoms with Crippen LogP contribution in [-0.4, -0.2) is 29.2 Å². The highest BCUT2D eigenvalue weighted by Gasteiger charge is 2.39. The number of carbonyl (C=O) groups is 1. The third-order valence-corrected chi connectivity index (χ3v) is 4.27. The molecule has 1 unspecified atom stereocenters. The molecule has 1 amide bonds. The number of nitrogens with two attached hydrogens (primary N) is 1. The van der Waals surface area contributed by atoms with Gasteiger partial charge in [0.25, 0.3) is 0 Å². The maximum atomic E-state index is 11.6. The predicted octanol–water partition coefficient (Wildman–Crippen LogP) is 1.98. The highest BCUT2D eigenvalue weighted by molar-refractivity contribution is 6.34. The fourth-order valence-electron chi connectivity index (χ4n) is 2.63. The average molecular weight is 291 g/mol. The fourth-order valence-corrected chi connectivity index (χ4v) is 2.84. The van der Waals surface area contributed by atoms with Crippen LogP contribution >= 0.6 is 11.6 Å². The summed E-state index contributed by atoms with van der Waals surface area (Å²) in [4.78, 5) is 13.6. The van der Waals surface area contributed by atoms with Gasteiger partial charge in [0.05, 0.1) is 5.41 Å². The monoisotopic (exact) mass is 290 g/mol. The number of aromatic nitrogens is 2. The molecule has 104 valence electrons. The van der Waals surface area contributed by atoms with Gasteiger partial charge in [-0.25, -0.2) is 0 Å². The van der Waals surface area contributed by atoms with Crippen molar-refractivity contribution in [3.8, 4) is 0 Å². The Morgan fingerprint density at radius 2 is 2.05 bits per heavy atom. The number of benzene rings is 1. The van der Waals surface area contributed by atoms with Gasteiger partial charge in [0.1, 0.15) is 0 Å². The average Bonchev–Trinajstić information content (AvgIpc) is 2.83. The van der Waals surface area contributed by atoms with Crippen LogP contribution in [-0.2, 0) is 4.79 Å². The molecule has 1 saturated heterocycles. The molecule has 1 aromatic carbocycles. The van der Waals surface area contributed by atoms with E-state index in [1.807, 2.05) is 31.2 Å².